The summed E-state index contributed by atoms with van der Waals surface area (Å²) in [6.07, 6.45) is 9.32. The molecule has 0 nitrogen and oxygen atoms in total. The Morgan fingerprint density at radius 1 is 0.652 bits per heavy atom. The largest absolute Gasteiger partial charge is 0.147 e. The summed E-state index contributed by atoms with van der Waals surface area (Å²) in [5.41, 5.74) is 17.7. The number of aryl methyl sites for hydroxylation is 3. The quantitative estimate of drug-likeness (QED) is 0.159. The monoisotopic (exact) mass is 816 g/mol. The van der Waals surface area contributed by atoms with Crippen LogP contribution < -0.4 is 3.32 Å². The van der Waals surface area contributed by atoms with Crippen LogP contribution in [0.15, 0.2) is 88.3 Å². The van der Waals surface area contributed by atoms with E-state index in [4.69, 9.17) is 0 Å². The molecule has 0 bridgehead atoms. The first-order chi connectivity index (χ1) is 20.7. The van der Waals surface area contributed by atoms with E-state index in [2.05, 4.69) is 154 Å². The Hall–Kier alpha value is -2.32. The molecular formula is C43H50Cl2Hf. The van der Waals surface area contributed by atoms with Gasteiger partial charge in [-0.25, -0.2) is 0 Å². The average Bonchev–Trinajstić information content (AvgIpc) is 3.59. The molecule has 2 aliphatic rings. The molecule has 0 spiro atoms. The van der Waals surface area contributed by atoms with Gasteiger partial charge in [0.2, 0.25) is 0 Å². The molecular weight excluding hydrogens is 766 g/mol. The topological polar surface area (TPSA) is 0 Å². The third kappa shape index (κ3) is 6.80. The van der Waals surface area contributed by atoms with Crippen LogP contribution in [0.1, 0.15) is 104 Å². The van der Waals surface area contributed by atoms with E-state index in [1.165, 1.54) is 55.6 Å². The van der Waals surface area contributed by atoms with Crippen molar-refractivity contribution in [2.75, 3.05) is 0 Å². The van der Waals surface area contributed by atoms with Crippen LogP contribution in [0.5, 0.6) is 0 Å². The van der Waals surface area contributed by atoms with Gasteiger partial charge in [0, 0.05) is 0 Å². The SMILES string of the molecule is Cc1ccc([C](c2ccc(C)cc2)=[Hf]([C]2=CC=CC2)[c]2c(C)c(C(C)(C)C)cc3c2Cc2cc(C)c(C(C)(C)C)cc2-3)cc1.Cl.Cl. The molecule has 0 aromatic heterocycles. The minimum Gasteiger partial charge on any atom is -0.147 e. The second-order valence-electron chi connectivity index (χ2n) is 15.3. The summed E-state index contributed by atoms with van der Waals surface area (Å²) in [6, 6.07) is 26.5. The van der Waals surface area contributed by atoms with Gasteiger partial charge in [-0.3, -0.25) is 0 Å². The second kappa shape index (κ2) is 13.7. The third-order valence-corrected chi connectivity index (χ3v) is 21.4. The van der Waals surface area contributed by atoms with Crippen LogP contribution in [0.4, 0.5) is 0 Å². The molecule has 0 aliphatic heterocycles. The van der Waals surface area contributed by atoms with Crippen molar-refractivity contribution in [2.24, 2.45) is 0 Å². The van der Waals surface area contributed by atoms with E-state index in [1.807, 2.05) is 0 Å². The van der Waals surface area contributed by atoms with E-state index in [1.54, 1.807) is 21.0 Å². The normalized spacial score (nSPS) is 13.4. The van der Waals surface area contributed by atoms with Crippen LogP contribution in [-0.4, -0.2) is 3.26 Å². The van der Waals surface area contributed by atoms with E-state index in [9.17, 15) is 0 Å². The molecule has 0 unspecified atom stereocenters. The van der Waals surface area contributed by atoms with Gasteiger partial charge in [0.25, 0.3) is 0 Å². The first-order valence-corrected chi connectivity index (χ1v) is 21.7. The maximum atomic E-state index is 2.59. The van der Waals surface area contributed by atoms with Gasteiger partial charge in [0.15, 0.2) is 0 Å². The number of benzene rings is 4. The molecule has 0 saturated heterocycles. The fraction of sp³-hybridized carbons (Fsp3) is 0.326. The molecule has 46 heavy (non-hydrogen) atoms. The van der Waals surface area contributed by atoms with Crippen molar-refractivity contribution in [3.8, 4) is 11.1 Å². The van der Waals surface area contributed by atoms with E-state index >= 15 is 0 Å². The van der Waals surface area contributed by atoms with Crippen molar-refractivity contribution in [3.63, 3.8) is 0 Å². The van der Waals surface area contributed by atoms with Gasteiger partial charge in [0.1, 0.15) is 0 Å². The van der Waals surface area contributed by atoms with Gasteiger partial charge in [-0.15, -0.1) is 24.8 Å². The van der Waals surface area contributed by atoms with Crippen molar-refractivity contribution in [1.29, 1.82) is 0 Å². The van der Waals surface area contributed by atoms with Gasteiger partial charge >= 0.3 is 275 Å². The van der Waals surface area contributed by atoms with Crippen LogP contribution >= 0.6 is 24.8 Å². The number of rotatable bonds is 4. The summed E-state index contributed by atoms with van der Waals surface area (Å²) in [7, 11) is 0. The van der Waals surface area contributed by atoms with Crippen LogP contribution in [0.25, 0.3) is 11.1 Å². The van der Waals surface area contributed by atoms with Gasteiger partial charge < -0.3 is 0 Å². The van der Waals surface area contributed by atoms with Gasteiger partial charge in [-0.2, -0.15) is 0 Å². The van der Waals surface area contributed by atoms with E-state index < -0.39 is 21.0 Å². The molecule has 4 aromatic rings. The van der Waals surface area contributed by atoms with Crippen LogP contribution in [0.3, 0.4) is 0 Å². The zero-order valence-electron chi connectivity index (χ0n) is 29.3. The summed E-state index contributed by atoms with van der Waals surface area (Å²) in [5, 5.41) is 0. The molecule has 4 aromatic carbocycles. The fourth-order valence-electron chi connectivity index (χ4n) is 7.51. The van der Waals surface area contributed by atoms with Crippen molar-refractivity contribution in [1.82, 2.24) is 0 Å². The van der Waals surface area contributed by atoms with Crippen LogP contribution in [0.2, 0.25) is 0 Å². The zero-order chi connectivity index (χ0) is 31.6. The summed E-state index contributed by atoms with van der Waals surface area (Å²) < 4.78 is 5.06. The number of hydrogen-bond donors (Lipinski definition) is 0. The standard InChI is InChI=1S/C23H29.C15H14.C5H5.2ClH.Hf/c1-14-9-16-11-17-10-15(2)21(23(6,7)8)13-19(17)18(16)12-20(14)22(3,4)5;1-12-3-7-14(8-4-12)11-15-9-5-13(2)6-10-15;1-2-4-5-3-1;;;/h9,12-13H,11H2,1-8H3;3-10H,1-2H3;1-3H,4H2;2*1H;. The molecule has 0 N–H and O–H groups in total. The number of allylic oxidation sites excluding steroid dienone is 4. The molecule has 0 amide bonds. The Labute approximate surface area is 298 Å². The Morgan fingerprint density at radius 3 is 1.65 bits per heavy atom. The van der Waals surface area contributed by atoms with Gasteiger partial charge in [0.05, 0.1) is 0 Å². The number of halogens is 2. The zero-order valence-corrected chi connectivity index (χ0v) is 34.5. The Bertz CT molecular complexity index is 1820. The molecule has 0 fully saturated rings. The number of hydrogen-bond acceptors (Lipinski definition) is 0. The summed E-state index contributed by atoms with van der Waals surface area (Å²) in [6.45, 7) is 23.5. The molecule has 0 atom stereocenters. The Kier molecular flexibility index (Phi) is 10.8. The average molecular weight is 816 g/mol. The minimum absolute atomic E-state index is 0. The summed E-state index contributed by atoms with van der Waals surface area (Å²) >= 11 is -3.00. The molecule has 2 aliphatic carbocycles. The first kappa shape index (κ1) is 36.5. The maximum Gasteiger partial charge on any atom is -0.147 e. The Morgan fingerprint density at radius 2 is 1.17 bits per heavy atom. The third-order valence-electron chi connectivity index (χ3n) is 9.69. The molecule has 6 rings (SSSR count). The molecule has 0 radical (unpaired) electrons. The van der Waals surface area contributed by atoms with Crippen molar-refractivity contribution < 1.29 is 21.0 Å². The van der Waals surface area contributed by atoms with Crippen molar-refractivity contribution in [2.45, 2.75) is 92.9 Å². The van der Waals surface area contributed by atoms with Gasteiger partial charge in [-0.05, 0) is 0 Å². The predicted molar refractivity (Wildman–Crippen MR) is 203 cm³/mol. The van der Waals surface area contributed by atoms with E-state index in [0.717, 1.165) is 12.8 Å². The smallest absolute Gasteiger partial charge is 0.147 e. The first-order valence-electron chi connectivity index (χ1n) is 16.3. The Balaban J connectivity index is 0.00000240. The van der Waals surface area contributed by atoms with E-state index in [0.29, 0.717) is 0 Å². The van der Waals surface area contributed by atoms with Crippen LogP contribution in [-0.2, 0) is 38.2 Å². The van der Waals surface area contributed by atoms with Crippen molar-refractivity contribution >= 4 is 31.4 Å². The molecule has 3 heteroatoms. The molecule has 0 saturated carbocycles. The predicted octanol–water partition coefficient (Wildman–Crippen LogP) is 11.3. The minimum atomic E-state index is -3.00. The number of fused-ring (bicyclic) bond motifs is 3. The second-order valence-corrected chi connectivity index (χ2v) is 23.9. The molecule has 0 heterocycles. The molecule has 240 valence electrons. The maximum absolute atomic E-state index is 3.00. The van der Waals surface area contributed by atoms with Crippen molar-refractivity contribution in [3.05, 3.63) is 144 Å². The summed E-state index contributed by atoms with van der Waals surface area (Å²) in [4.78, 5) is 0. The summed E-state index contributed by atoms with van der Waals surface area (Å²) in [5.74, 6) is 0. The van der Waals surface area contributed by atoms with E-state index in [-0.39, 0.29) is 35.6 Å². The fourth-order valence-corrected chi connectivity index (χ4v) is 19.8. The van der Waals surface area contributed by atoms with Crippen LogP contribution in [0, 0.1) is 27.7 Å². The van der Waals surface area contributed by atoms with Gasteiger partial charge in [-0.1, -0.05) is 0 Å².